The van der Waals surface area contributed by atoms with Crippen LogP contribution in [0.15, 0.2) is 42.6 Å². The van der Waals surface area contributed by atoms with Crippen molar-refractivity contribution in [3.8, 4) is 5.75 Å². The Labute approximate surface area is 234 Å². The molecule has 0 saturated carbocycles. The molecule has 13 heteroatoms. The van der Waals surface area contributed by atoms with Crippen LogP contribution >= 0.6 is 42.4 Å². The molecule has 1 atom stereocenters. The van der Waals surface area contributed by atoms with E-state index in [2.05, 4.69) is 15.5 Å². The first-order valence-electron chi connectivity index (χ1n) is 11.9. The fourth-order valence-electron chi connectivity index (χ4n) is 4.55. The van der Waals surface area contributed by atoms with Gasteiger partial charge in [0.1, 0.15) is 17.7 Å². The van der Waals surface area contributed by atoms with E-state index >= 15 is 0 Å². The zero-order valence-electron chi connectivity index (χ0n) is 20.1. The van der Waals surface area contributed by atoms with E-state index in [1.165, 1.54) is 6.20 Å². The summed E-state index contributed by atoms with van der Waals surface area (Å²) in [5.74, 6) is -0.134. The summed E-state index contributed by atoms with van der Waals surface area (Å²) in [6.07, 6.45) is 2.83. The molecule has 1 saturated heterocycles. The van der Waals surface area contributed by atoms with Gasteiger partial charge in [-0.05, 0) is 43.2 Å². The number of likely N-dealkylation sites (tertiary alicyclic amines) is 1. The molecule has 5 rings (SSSR count). The summed E-state index contributed by atoms with van der Waals surface area (Å²) in [5, 5.41) is 10.7. The van der Waals surface area contributed by atoms with Crippen molar-refractivity contribution >= 4 is 54.1 Å². The van der Waals surface area contributed by atoms with Gasteiger partial charge in [-0.3, -0.25) is 24.1 Å². The highest BCUT2D eigenvalue weighted by molar-refractivity contribution is 7.54. The molecule has 1 unspecified atom stereocenters. The number of H-pyrrole nitrogens is 1. The van der Waals surface area contributed by atoms with Crippen molar-refractivity contribution in [3.63, 3.8) is 0 Å². The maximum Gasteiger partial charge on any atom is 0.393 e. The number of hydrogen-bond donors (Lipinski definition) is 2. The maximum atomic E-state index is 13.2. The van der Waals surface area contributed by atoms with Crippen LogP contribution in [0.5, 0.6) is 5.75 Å². The molecule has 200 valence electrons. The molecule has 38 heavy (non-hydrogen) atoms. The highest BCUT2D eigenvalue weighted by atomic mass is 35.5. The molecule has 1 amide bonds. The van der Waals surface area contributed by atoms with E-state index in [0.717, 1.165) is 5.56 Å². The number of rotatable bonds is 7. The third-order valence-corrected chi connectivity index (χ3v) is 9.12. The van der Waals surface area contributed by atoms with Crippen LogP contribution < -0.4 is 9.84 Å². The number of hydrogen-bond acceptors (Lipinski definition) is 7. The fourth-order valence-corrected chi connectivity index (χ4v) is 7.13. The van der Waals surface area contributed by atoms with Crippen molar-refractivity contribution in [1.82, 2.24) is 20.4 Å². The normalized spacial score (nSPS) is 20.0. The Hall–Kier alpha value is -2.39. The minimum absolute atomic E-state index is 0.0776. The van der Waals surface area contributed by atoms with Gasteiger partial charge >= 0.3 is 7.60 Å². The highest BCUT2D eigenvalue weighted by Crippen LogP contribution is 2.54. The number of carbonyl (C=O) groups is 2. The number of aromatic amines is 1. The van der Waals surface area contributed by atoms with Crippen LogP contribution in [0.4, 0.5) is 0 Å². The van der Waals surface area contributed by atoms with E-state index < -0.39 is 7.60 Å². The molecule has 2 aliphatic rings. The van der Waals surface area contributed by atoms with E-state index in [0.29, 0.717) is 42.3 Å². The van der Waals surface area contributed by atoms with Crippen molar-refractivity contribution in [3.05, 3.63) is 80.0 Å². The molecule has 1 aromatic heterocycles. The van der Waals surface area contributed by atoms with Gasteiger partial charge in [0.15, 0.2) is 5.78 Å². The van der Waals surface area contributed by atoms with Gasteiger partial charge in [-0.15, -0.1) is 0 Å². The Morgan fingerprint density at radius 2 is 1.87 bits per heavy atom. The van der Waals surface area contributed by atoms with Gasteiger partial charge < -0.3 is 9.84 Å². The first-order chi connectivity index (χ1) is 18.2. The van der Waals surface area contributed by atoms with Gasteiger partial charge in [0.2, 0.25) is 0 Å². The summed E-state index contributed by atoms with van der Waals surface area (Å²) in [6, 6.07) is 9.88. The minimum atomic E-state index is -3.34. The quantitative estimate of drug-likeness (QED) is 0.263. The van der Waals surface area contributed by atoms with Crippen LogP contribution in [0.2, 0.25) is 15.1 Å². The van der Waals surface area contributed by atoms with E-state index in [9.17, 15) is 14.2 Å². The first-order valence-corrected chi connectivity index (χ1v) is 14.8. The Bertz CT molecular complexity index is 1400. The molecule has 0 bridgehead atoms. The third kappa shape index (κ3) is 6.09. The molecule has 3 heterocycles. The molecule has 2 N–H and O–H groups in total. The summed E-state index contributed by atoms with van der Waals surface area (Å²) >= 11 is 18.3. The zero-order valence-corrected chi connectivity index (χ0v) is 23.2. The number of fused-ring (bicyclic) bond motifs is 1. The Balaban J connectivity index is 1.14. The molecule has 9 nitrogen and oxygen atoms in total. The average Bonchev–Trinajstić information content (AvgIpc) is 3.33. The lowest BCUT2D eigenvalue weighted by Gasteiger charge is -2.35. The average molecular weight is 598 g/mol. The SMILES string of the molecule is O=C(NC1CCN(CP2(=O)OCc3cc(Cl)ccc3O2)CC1)c1[nH]ncc1CC(=O)c1c(Cl)cccc1Cl. The number of nitrogens with one attached hydrogen (secondary N) is 2. The second kappa shape index (κ2) is 11.4. The summed E-state index contributed by atoms with van der Waals surface area (Å²) in [5.41, 5.74) is 1.65. The number of Topliss-reactive ketones (excluding diaryl/α,β-unsaturated/α-hetero) is 1. The Morgan fingerprint density at radius 3 is 2.61 bits per heavy atom. The van der Waals surface area contributed by atoms with Gasteiger partial charge in [-0.1, -0.05) is 40.9 Å². The predicted octanol–water partition coefficient (Wildman–Crippen LogP) is 5.75. The topological polar surface area (TPSA) is 114 Å². The van der Waals surface area contributed by atoms with Crippen LogP contribution in [0, 0.1) is 0 Å². The Kier molecular flexibility index (Phi) is 8.14. The van der Waals surface area contributed by atoms with Crippen LogP contribution in [0.25, 0.3) is 0 Å². The molecule has 0 spiro atoms. The number of ketones is 1. The van der Waals surface area contributed by atoms with Crippen molar-refractivity contribution in [1.29, 1.82) is 0 Å². The second-order valence-electron chi connectivity index (χ2n) is 9.20. The third-order valence-electron chi connectivity index (χ3n) is 6.51. The van der Waals surface area contributed by atoms with Gasteiger partial charge in [0.25, 0.3) is 5.91 Å². The number of amides is 1. The predicted molar refractivity (Wildman–Crippen MR) is 144 cm³/mol. The van der Waals surface area contributed by atoms with Gasteiger partial charge in [-0.25, -0.2) is 4.57 Å². The number of halogens is 3. The van der Waals surface area contributed by atoms with Crippen LogP contribution in [-0.4, -0.2) is 52.2 Å². The second-order valence-corrected chi connectivity index (χ2v) is 12.4. The number of benzene rings is 2. The molecule has 0 radical (unpaired) electrons. The van der Waals surface area contributed by atoms with Gasteiger partial charge in [0, 0.05) is 41.7 Å². The molecule has 3 aromatic rings. The van der Waals surface area contributed by atoms with Crippen LogP contribution in [-0.2, 0) is 22.1 Å². The molecule has 2 aromatic carbocycles. The fraction of sp³-hybridized carbons (Fsp3) is 0.320. The van der Waals surface area contributed by atoms with Crippen molar-refractivity contribution in [2.45, 2.75) is 31.9 Å². The first kappa shape index (κ1) is 27.2. The molecular weight excluding hydrogens is 574 g/mol. The van der Waals surface area contributed by atoms with Crippen LogP contribution in [0.1, 0.15) is 44.8 Å². The van der Waals surface area contributed by atoms with Crippen molar-refractivity contribution in [2.75, 3.05) is 19.4 Å². The lowest BCUT2D eigenvalue weighted by Crippen LogP contribution is -2.45. The Morgan fingerprint density at radius 1 is 1.13 bits per heavy atom. The molecule has 2 aliphatic heterocycles. The monoisotopic (exact) mass is 596 g/mol. The van der Waals surface area contributed by atoms with E-state index in [-0.39, 0.29) is 58.3 Å². The number of piperidine rings is 1. The van der Waals surface area contributed by atoms with Crippen molar-refractivity contribution < 1.29 is 23.2 Å². The smallest absolute Gasteiger partial charge is 0.393 e. The summed E-state index contributed by atoms with van der Waals surface area (Å²) in [7, 11) is -3.34. The maximum absolute atomic E-state index is 13.2. The van der Waals surface area contributed by atoms with Crippen molar-refractivity contribution in [2.24, 2.45) is 0 Å². The number of carbonyl (C=O) groups excluding carboxylic acids is 2. The molecular formula is C25H24Cl3N4O5P. The van der Waals surface area contributed by atoms with E-state index in [1.807, 2.05) is 4.90 Å². The zero-order chi connectivity index (χ0) is 26.9. The highest BCUT2D eigenvalue weighted by Gasteiger charge is 2.36. The van der Waals surface area contributed by atoms with Crippen LogP contribution in [0.3, 0.4) is 0 Å². The molecule has 1 fully saturated rings. The number of nitrogens with zero attached hydrogens (tertiary/aromatic N) is 2. The standard InChI is InChI=1S/C25H24Cl3N4O5P/c26-17-4-5-22-16(10-17)13-36-38(35,37-22)14-32-8-6-18(7-9-32)30-25(34)24-15(12-29-31-24)11-21(33)23-19(27)2-1-3-20(23)28/h1-5,10,12,18H,6-9,11,13-14H2,(H,29,31)(H,30,34). The summed E-state index contributed by atoms with van der Waals surface area (Å²) in [4.78, 5) is 27.8. The lowest BCUT2D eigenvalue weighted by atomic mass is 10.0. The summed E-state index contributed by atoms with van der Waals surface area (Å²) in [6.45, 7) is 1.39. The number of aromatic nitrogens is 2. The summed E-state index contributed by atoms with van der Waals surface area (Å²) < 4.78 is 24.5. The van der Waals surface area contributed by atoms with E-state index in [4.69, 9.17) is 43.9 Å². The van der Waals surface area contributed by atoms with Gasteiger partial charge in [0.05, 0.1) is 28.4 Å². The minimum Gasteiger partial charge on any atom is -0.423 e. The van der Waals surface area contributed by atoms with Gasteiger partial charge in [-0.2, -0.15) is 5.10 Å². The van der Waals surface area contributed by atoms with E-state index in [1.54, 1.807) is 36.4 Å². The molecule has 0 aliphatic carbocycles. The lowest BCUT2D eigenvalue weighted by molar-refractivity contribution is 0.0906. The largest absolute Gasteiger partial charge is 0.423 e.